The van der Waals surface area contributed by atoms with E-state index in [9.17, 15) is 9.59 Å². The van der Waals surface area contributed by atoms with Gasteiger partial charge < -0.3 is 76.4 Å². The van der Waals surface area contributed by atoms with Crippen molar-refractivity contribution in [1.82, 2.24) is 5.32 Å². The van der Waals surface area contributed by atoms with E-state index in [1.165, 1.54) is 0 Å². The summed E-state index contributed by atoms with van der Waals surface area (Å²) in [6, 6.07) is 9.49. The molecule has 1 aromatic carbocycles. The summed E-state index contributed by atoms with van der Waals surface area (Å²) in [5, 5.41) is 2.64. The predicted octanol–water partition coefficient (Wildman–Crippen LogP) is 2.47. The largest absolute Gasteiger partial charge is 0.458 e. The molecule has 0 unspecified atom stereocenters. The maximum absolute atomic E-state index is 11.7. The zero-order valence-electron chi connectivity index (χ0n) is 35.1. The van der Waals surface area contributed by atoms with E-state index in [2.05, 4.69) is 5.32 Å². The van der Waals surface area contributed by atoms with Gasteiger partial charge in [-0.3, -0.25) is 0 Å². The summed E-state index contributed by atoms with van der Waals surface area (Å²) in [5.41, 5.74) is 0.416. The Balaban J connectivity index is 1.63. The van der Waals surface area contributed by atoms with Crippen LogP contribution in [0.5, 0.6) is 0 Å². The lowest BCUT2D eigenvalue weighted by Gasteiger charge is -2.19. The maximum atomic E-state index is 11.7. The molecule has 0 fully saturated rings. The fourth-order valence-corrected chi connectivity index (χ4v) is 4.16. The minimum atomic E-state index is -0.518. The molecule has 0 spiro atoms. The van der Waals surface area contributed by atoms with E-state index in [1.54, 1.807) is 0 Å². The van der Waals surface area contributed by atoms with Gasteiger partial charge in [0.1, 0.15) is 18.8 Å². The Bertz CT molecular complexity index is 1030. The Kier molecular flexibility index (Phi) is 38.0. The number of carbonyl (C=O) groups is 2. The summed E-state index contributed by atoms with van der Waals surface area (Å²) in [4.78, 5) is 23.2. The first-order chi connectivity index (χ1) is 28.4. The van der Waals surface area contributed by atoms with Crippen LogP contribution in [0.3, 0.4) is 0 Å². The molecule has 0 aliphatic heterocycles. The van der Waals surface area contributed by atoms with Gasteiger partial charge in [0.25, 0.3) is 0 Å². The number of nitrogens with one attached hydrogen (secondary N) is 1. The molecule has 0 aromatic heterocycles. The molecular weight excluding hydrogens is 766 g/mol. The molecule has 0 saturated heterocycles. The van der Waals surface area contributed by atoms with Gasteiger partial charge in [-0.1, -0.05) is 30.3 Å². The van der Waals surface area contributed by atoms with Crippen molar-refractivity contribution >= 4 is 12.1 Å². The first-order valence-electron chi connectivity index (χ1n) is 20.0. The van der Waals surface area contributed by atoms with Crippen LogP contribution in [0.1, 0.15) is 26.3 Å². The van der Waals surface area contributed by atoms with Gasteiger partial charge in [0.2, 0.25) is 0 Å². The fraction of sp³-hybridized carbons (Fsp3) is 0.800. The molecule has 1 rings (SSSR count). The number of benzene rings is 1. The van der Waals surface area contributed by atoms with E-state index in [-0.39, 0.29) is 13.2 Å². The lowest BCUT2D eigenvalue weighted by atomic mass is 10.2. The molecule has 0 aliphatic carbocycles. The number of hydrogen-bond donors (Lipinski definition) is 1. The van der Waals surface area contributed by atoms with Crippen LogP contribution in [0, 0.1) is 0 Å². The molecule has 18 nitrogen and oxygen atoms in total. The number of rotatable bonds is 43. The minimum absolute atomic E-state index is 0.0893. The van der Waals surface area contributed by atoms with Crippen molar-refractivity contribution in [3.05, 3.63) is 35.9 Å². The summed E-state index contributed by atoms with van der Waals surface area (Å²) in [7, 11) is 0. The molecule has 18 heteroatoms. The molecule has 1 aromatic rings. The van der Waals surface area contributed by atoms with Crippen molar-refractivity contribution in [2.75, 3.05) is 178 Å². The Hall–Kier alpha value is -2.56. The Morgan fingerprint density at radius 1 is 0.431 bits per heavy atom. The Morgan fingerprint density at radius 2 is 0.724 bits per heavy atom. The van der Waals surface area contributed by atoms with Crippen LogP contribution in [0.2, 0.25) is 0 Å². The van der Waals surface area contributed by atoms with Gasteiger partial charge >= 0.3 is 12.1 Å². The van der Waals surface area contributed by atoms with Gasteiger partial charge in [-0.25, -0.2) is 9.59 Å². The molecule has 338 valence electrons. The predicted molar refractivity (Wildman–Crippen MR) is 211 cm³/mol. The molecule has 0 heterocycles. The monoisotopic (exact) mass is 837 g/mol. The number of alkyl carbamates (subject to hydrolysis) is 1. The molecule has 0 saturated carbocycles. The van der Waals surface area contributed by atoms with Crippen LogP contribution >= 0.6 is 0 Å². The Labute approximate surface area is 344 Å². The van der Waals surface area contributed by atoms with Gasteiger partial charge in [-0.15, -0.1) is 0 Å². The highest BCUT2D eigenvalue weighted by Gasteiger charge is 2.16. The average Bonchev–Trinajstić information content (AvgIpc) is 3.20. The molecule has 0 aliphatic rings. The molecule has 0 radical (unpaired) electrons. The lowest BCUT2D eigenvalue weighted by molar-refractivity contribution is -0.160. The number of amides is 1. The quantitative estimate of drug-likeness (QED) is 0.0747. The molecule has 0 atom stereocenters. The first kappa shape index (κ1) is 53.5. The first-order valence-corrected chi connectivity index (χ1v) is 20.0. The van der Waals surface area contributed by atoms with Gasteiger partial charge in [0, 0.05) is 6.54 Å². The van der Waals surface area contributed by atoms with E-state index in [0.29, 0.717) is 172 Å². The van der Waals surface area contributed by atoms with Gasteiger partial charge in [-0.05, 0) is 26.3 Å². The third kappa shape index (κ3) is 41.6. The highest BCUT2D eigenvalue weighted by Crippen LogP contribution is 2.06. The highest BCUT2D eigenvalue weighted by molar-refractivity contribution is 5.71. The van der Waals surface area contributed by atoms with Crippen LogP contribution in [0.4, 0.5) is 4.79 Å². The summed E-state index contributed by atoms with van der Waals surface area (Å²) < 4.78 is 81.1. The van der Waals surface area contributed by atoms with Crippen LogP contribution in [0.15, 0.2) is 30.3 Å². The summed E-state index contributed by atoms with van der Waals surface area (Å²) >= 11 is 0. The van der Waals surface area contributed by atoms with Crippen molar-refractivity contribution in [3.8, 4) is 0 Å². The normalized spacial score (nSPS) is 11.6. The maximum Gasteiger partial charge on any atom is 0.407 e. The van der Waals surface area contributed by atoms with Crippen molar-refractivity contribution in [2.45, 2.75) is 33.0 Å². The molecule has 58 heavy (non-hydrogen) atoms. The van der Waals surface area contributed by atoms with Crippen LogP contribution in [0.25, 0.3) is 0 Å². The number of esters is 1. The van der Waals surface area contributed by atoms with Crippen LogP contribution in [-0.2, 0) is 82.5 Å². The second-order valence-corrected chi connectivity index (χ2v) is 13.0. The SMILES string of the molecule is CC(C)(C)OC(=O)COCCOCCOCCOCCOCCOCCOCCOCCOCCOCCOCCOCCOCCNC(=O)OCc1ccccc1. The molecule has 0 bridgehead atoms. The standard InChI is InChI=1S/C40H71NO17/c1-40(2,3)58-38(42)36-56-34-33-55-32-31-54-30-29-53-28-27-52-26-25-51-24-23-50-22-21-49-20-19-48-18-17-47-16-15-46-14-13-45-12-11-44-10-9-41-39(43)57-35-37-7-5-4-6-8-37/h4-8H,9-36H2,1-3H3,(H,41,43). The van der Waals surface area contributed by atoms with Crippen molar-refractivity contribution in [1.29, 1.82) is 0 Å². The second-order valence-electron chi connectivity index (χ2n) is 13.0. The third-order valence-corrected chi connectivity index (χ3v) is 6.83. The molecule has 1 N–H and O–H groups in total. The highest BCUT2D eigenvalue weighted by atomic mass is 16.6. The van der Waals surface area contributed by atoms with Gasteiger partial charge in [0.05, 0.1) is 165 Å². The second kappa shape index (κ2) is 41.2. The fourth-order valence-electron chi connectivity index (χ4n) is 4.16. The van der Waals surface area contributed by atoms with E-state index >= 15 is 0 Å². The smallest absolute Gasteiger partial charge is 0.407 e. The summed E-state index contributed by atoms with van der Waals surface area (Å²) in [6.45, 7) is 17.3. The summed E-state index contributed by atoms with van der Waals surface area (Å²) in [5.74, 6) is -0.392. The number of carbonyl (C=O) groups excluding carboxylic acids is 2. The molecule has 1 amide bonds. The third-order valence-electron chi connectivity index (χ3n) is 6.83. The molecular formula is C40H71NO17. The number of hydrogen-bond acceptors (Lipinski definition) is 17. The van der Waals surface area contributed by atoms with Crippen molar-refractivity contribution < 1.29 is 80.6 Å². The lowest BCUT2D eigenvalue weighted by Crippen LogP contribution is -2.28. The zero-order valence-corrected chi connectivity index (χ0v) is 35.1. The van der Waals surface area contributed by atoms with Crippen molar-refractivity contribution in [3.63, 3.8) is 0 Å². The topological polar surface area (TPSA) is 185 Å². The van der Waals surface area contributed by atoms with E-state index in [0.717, 1.165) is 5.56 Å². The Morgan fingerprint density at radius 3 is 1.03 bits per heavy atom. The van der Waals surface area contributed by atoms with Gasteiger partial charge in [0.15, 0.2) is 0 Å². The van der Waals surface area contributed by atoms with E-state index < -0.39 is 17.7 Å². The zero-order chi connectivity index (χ0) is 41.9. The number of ether oxygens (including phenoxy) is 15. The van der Waals surface area contributed by atoms with E-state index in [1.807, 2.05) is 51.1 Å². The van der Waals surface area contributed by atoms with E-state index in [4.69, 9.17) is 71.1 Å². The van der Waals surface area contributed by atoms with Crippen LogP contribution in [-0.4, -0.2) is 196 Å². The van der Waals surface area contributed by atoms with Crippen LogP contribution < -0.4 is 5.32 Å². The minimum Gasteiger partial charge on any atom is -0.458 e. The average molecular weight is 838 g/mol. The van der Waals surface area contributed by atoms with Crippen molar-refractivity contribution in [2.24, 2.45) is 0 Å². The summed E-state index contributed by atoms with van der Waals surface area (Å²) in [6.07, 6.45) is -0.474. The van der Waals surface area contributed by atoms with Gasteiger partial charge in [-0.2, -0.15) is 0 Å².